The molecule has 1 rings (SSSR count). The first-order chi connectivity index (χ1) is 7.13. The lowest BCUT2D eigenvalue weighted by Crippen LogP contribution is -2.05. The van der Waals surface area contributed by atoms with Crippen molar-refractivity contribution in [2.45, 2.75) is 26.7 Å². The average Bonchev–Trinajstić information content (AvgIpc) is 2.17. The Kier molecular flexibility index (Phi) is 4.82. The van der Waals surface area contributed by atoms with Gasteiger partial charge in [-0.25, -0.2) is 0 Å². The van der Waals surface area contributed by atoms with Gasteiger partial charge < -0.3 is 4.74 Å². The molecule has 0 aliphatic rings. The van der Waals surface area contributed by atoms with E-state index >= 15 is 0 Å². The summed E-state index contributed by atoms with van der Waals surface area (Å²) < 4.78 is 5.95. The summed E-state index contributed by atoms with van der Waals surface area (Å²) in [6.45, 7) is 4.33. The fourth-order valence-electron chi connectivity index (χ4n) is 1.41. The number of halogens is 1. The van der Waals surface area contributed by atoms with Crippen LogP contribution in [0, 0.1) is 6.92 Å². The van der Waals surface area contributed by atoms with Crippen molar-refractivity contribution in [1.29, 1.82) is 0 Å². The van der Waals surface area contributed by atoms with Crippen LogP contribution < -0.4 is 0 Å². The molecule has 15 heavy (non-hydrogen) atoms. The lowest BCUT2D eigenvalue weighted by Gasteiger charge is -2.05. The summed E-state index contributed by atoms with van der Waals surface area (Å²) in [7, 11) is 0. The summed E-state index contributed by atoms with van der Waals surface area (Å²) in [5.74, 6) is -0.125. The highest BCUT2D eigenvalue weighted by atomic mass is 79.9. The summed E-state index contributed by atoms with van der Waals surface area (Å²) >= 11 is 3.41. The first kappa shape index (κ1) is 12.2. The quantitative estimate of drug-likeness (QED) is 0.786. The molecule has 0 atom stereocenters. The number of rotatable bonds is 4. The second-order valence-corrected chi connectivity index (χ2v) is 4.29. The Hall–Kier alpha value is -0.830. The second-order valence-electron chi connectivity index (χ2n) is 3.38. The number of carbonyl (C=O) groups excluding carboxylic acids is 1. The van der Waals surface area contributed by atoms with Crippen molar-refractivity contribution >= 4 is 21.9 Å². The SMILES string of the molecule is CCOC(=O)CCc1ccc(Br)cc1C. The van der Waals surface area contributed by atoms with Gasteiger partial charge in [0.25, 0.3) is 0 Å². The van der Waals surface area contributed by atoms with Crippen molar-refractivity contribution in [3.63, 3.8) is 0 Å². The van der Waals surface area contributed by atoms with Crippen molar-refractivity contribution in [3.05, 3.63) is 33.8 Å². The number of benzene rings is 1. The Bertz CT molecular complexity index is 347. The molecule has 0 heterocycles. The number of hydrogen-bond donors (Lipinski definition) is 0. The van der Waals surface area contributed by atoms with Crippen LogP contribution in [0.4, 0.5) is 0 Å². The molecule has 1 aromatic carbocycles. The van der Waals surface area contributed by atoms with Crippen LogP contribution in [-0.2, 0) is 16.0 Å². The van der Waals surface area contributed by atoms with Crippen molar-refractivity contribution in [2.75, 3.05) is 6.61 Å². The molecule has 82 valence electrons. The van der Waals surface area contributed by atoms with Gasteiger partial charge in [0.05, 0.1) is 6.61 Å². The van der Waals surface area contributed by atoms with Crippen molar-refractivity contribution in [3.8, 4) is 0 Å². The molecule has 0 bridgehead atoms. The van der Waals surface area contributed by atoms with Gasteiger partial charge in [-0.3, -0.25) is 4.79 Å². The maximum Gasteiger partial charge on any atom is 0.306 e. The molecule has 0 aliphatic heterocycles. The van der Waals surface area contributed by atoms with Crippen molar-refractivity contribution in [1.82, 2.24) is 0 Å². The topological polar surface area (TPSA) is 26.3 Å². The van der Waals surface area contributed by atoms with E-state index in [1.54, 1.807) is 0 Å². The zero-order valence-electron chi connectivity index (χ0n) is 9.05. The van der Waals surface area contributed by atoms with Gasteiger partial charge in [0.1, 0.15) is 0 Å². The van der Waals surface area contributed by atoms with E-state index in [2.05, 4.69) is 22.0 Å². The van der Waals surface area contributed by atoms with Gasteiger partial charge in [-0.15, -0.1) is 0 Å². The summed E-state index contributed by atoms with van der Waals surface area (Å²) in [6.07, 6.45) is 1.20. The number of ether oxygens (including phenoxy) is 1. The summed E-state index contributed by atoms with van der Waals surface area (Å²) in [5.41, 5.74) is 2.40. The largest absolute Gasteiger partial charge is 0.466 e. The van der Waals surface area contributed by atoms with E-state index in [0.717, 1.165) is 10.9 Å². The zero-order valence-corrected chi connectivity index (χ0v) is 10.6. The first-order valence-corrected chi connectivity index (χ1v) is 5.83. The molecule has 0 aromatic heterocycles. The van der Waals surface area contributed by atoms with E-state index in [0.29, 0.717) is 13.0 Å². The number of esters is 1. The van der Waals surface area contributed by atoms with E-state index in [-0.39, 0.29) is 5.97 Å². The van der Waals surface area contributed by atoms with E-state index < -0.39 is 0 Å². The molecule has 0 unspecified atom stereocenters. The molecule has 0 fully saturated rings. The normalized spacial score (nSPS) is 10.1. The predicted molar refractivity (Wildman–Crippen MR) is 63.8 cm³/mol. The van der Waals surface area contributed by atoms with Crippen molar-refractivity contribution in [2.24, 2.45) is 0 Å². The smallest absolute Gasteiger partial charge is 0.306 e. The van der Waals surface area contributed by atoms with Gasteiger partial charge in [0, 0.05) is 10.9 Å². The highest BCUT2D eigenvalue weighted by Gasteiger charge is 2.04. The molecule has 1 aromatic rings. The molecule has 0 amide bonds. The highest BCUT2D eigenvalue weighted by Crippen LogP contribution is 2.17. The summed E-state index contributed by atoms with van der Waals surface area (Å²) in [6, 6.07) is 6.09. The third-order valence-corrected chi connectivity index (χ3v) is 2.70. The monoisotopic (exact) mass is 270 g/mol. The minimum atomic E-state index is -0.125. The molecule has 2 nitrogen and oxygen atoms in total. The molecule has 0 N–H and O–H groups in total. The van der Waals surface area contributed by atoms with Gasteiger partial charge in [-0.05, 0) is 43.5 Å². The van der Waals surface area contributed by atoms with E-state index in [9.17, 15) is 4.79 Å². The highest BCUT2D eigenvalue weighted by molar-refractivity contribution is 9.10. The Morgan fingerprint density at radius 2 is 2.20 bits per heavy atom. The van der Waals surface area contributed by atoms with Gasteiger partial charge in [-0.2, -0.15) is 0 Å². The van der Waals surface area contributed by atoms with Crippen LogP contribution in [0.3, 0.4) is 0 Å². The summed E-state index contributed by atoms with van der Waals surface area (Å²) in [4.78, 5) is 11.2. The maximum atomic E-state index is 11.2. The Labute approximate surface area is 98.8 Å². The van der Waals surface area contributed by atoms with Gasteiger partial charge >= 0.3 is 5.97 Å². The molecule has 0 radical (unpaired) electrons. The molecular weight excluding hydrogens is 256 g/mol. The van der Waals surface area contributed by atoms with Crippen LogP contribution in [0.2, 0.25) is 0 Å². The van der Waals surface area contributed by atoms with Crippen LogP contribution in [0.1, 0.15) is 24.5 Å². The van der Waals surface area contributed by atoms with Gasteiger partial charge in [-0.1, -0.05) is 22.0 Å². The second kappa shape index (κ2) is 5.91. The van der Waals surface area contributed by atoms with Gasteiger partial charge in [0.15, 0.2) is 0 Å². The number of hydrogen-bond acceptors (Lipinski definition) is 2. The Morgan fingerprint density at radius 3 is 2.80 bits per heavy atom. The van der Waals surface area contributed by atoms with E-state index in [1.807, 2.05) is 26.0 Å². The fraction of sp³-hybridized carbons (Fsp3) is 0.417. The molecule has 3 heteroatoms. The Morgan fingerprint density at radius 1 is 1.47 bits per heavy atom. The third-order valence-electron chi connectivity index (χ3n) is 2.21. The minimum absolute atomic E-state index is 0.125. The fourth-order valence-corrected chi connectivity index (χ4v) is 1.89. The zero-order chi connectivity index (χ0) is 11.3. The molecule has 0 saturated heterocycles. The Balaban J connectivity index is 2.54. The predicted octanol–water partition coefficient (Wildman–Crippen LogP) is 3.25. The van der Waals surface area contributed by atoms with Crippen molar-refractivity contribution < 1.29 is 9.53 Å². The summed E-state index contributed by atoms with van der Waals surface area (Å²) in [5, 5.41) is 0. The van der Waals surface area contributed by atoms with E-state index in [4.69, 9.17) is 4.74 Å². The van der Waals surface area contributed by atoms with Crippen LogP contribution in [0.15, 0.2) is 22.7 Å². The minimum Gasteiger partial charge on any atom is -0.466 e. The molecule has 0 spiro atoms. The average molecular weight is 271 g/mol. The van der Waals surface area contributed by atoms with Gasteiger partial charge in [0.2, 0.25) is 0 Å². The van der Waals surface area contributed by atoms with Crippen LogP contribution in [0.5, 0.6) is 0 Å². The number of carbonyl (C=O) groups is 1. The molecule has 0 saturated carbocycles. The molecular formula is C12H15BrO2. The lowest BCUT2D eigenvalue weighted by atomic mass is 10.0. The standard InChI is InChI=1S/C12H15BrO2/c1-3-15-12(14)7-5-10-4-6-11(13)8-9(10)2/h4,6,8H,3,5,7H2,1-2H3. The van der Waals surface area contributed by atoms with Crippen LogP contribution in [-0.4, -0.2) is 12.6 Å². The molecule has 0 aliphatic carbocycles. The third kappa shape index (κ3) is 4.04. The van der Waals surface area contributed by atoms with E-state index in [1.165, 1.54) is 11.1 Å². The maximum absolute atomic E-state index is 11.2. The van der Waals surface area contributed by atoms with Crippen LogP contribution >= 0.6 is 15.9 Å². The first-order valence-electron chi connectivity index (χ1n) is 5.04. The number of aryl methyl sites for hydroxylation is 2. The van der Waals surface area contributed by atoms with Crippen LogP contribution in [0.25, 0.3) is 0 Å². The lowest BCUT2D eigenvalue weighted by molar-refractivity contribution is -0.143.